The van der Waals surface area contributed by atoms with E-state index in [9.17, 15) is 18.0 Å². The van der Waals surface area contributed by atoms with Crippen molar-refractivity contribution in [2.45, 2.75) is 38.9 Å². The van der Waals surface area contributed by atoms with Gasteiger partial charge in [0, 0.05) is 11.6 Å². The first kappa shape index (κ1) is 17.1. The van der Waals surface area contributed by atoms with E-state index >= 15 is 0 Å². The molecule has 0 aromatic heterocycles. The van der Waals surface area contributed by atoms with E-state index in [1.807, 2.05) is 0 Å². The van der Waals surface area contributed by atoms with Gasteiger partial charge in [0.15, 0.2) is 0 Å². The van der Waals surface area contributed by atoms with Gasteiger partial charge in [-0.15, -0.1) is 0 Å². The molecule has 1 heterocycles. The first-order valence-electron chi connectivity index (χ1n) is 6.98. The molecule has 0 radical (unpaired) electrons. The molecule has 0 spiro atoms. The van der Waals surface area contributed by atoms with Crippen LogP contribution in [0.15, 0.2) is 24.3 Å². The molecule has 1 amide bonds. The van der Waals surface area contributed by atoms with E-state index in [2.05, 4.69) is 5.43 Å². The molecule has 1 aromatic rings. The van der Waals surface area contributed by atoms with Crippen molar-refractivity contribution >= 4 is 17.5 Å². The van der Waals surface area contributed by atoms with Crippen molar-refractivity contribution in [3.63, 3.8) is 0 Å². The Hall–Kier alpha value is -1.27. The van der Waals surface area contributed by atoms with Crippen molar-refractivity contribution in [1.29, 1.82) is 0 Å². The van der Waals surface area contributed by atoms with Crippen LogP contribution in [0.2, 0.25) is 5.02 Å². The average molecular weight is 335 g/mol. The fraction of sp³-hybridized carbons (Fsp3) is 0.533. The molecule has 1 aliphatic heterocycles. The predicted octanol–water partition coefficient (Wildman–Crippen LogP) is 3.58. The number of benzene rings is 1. The minimum atomic E-state index is -4.41. The number of rotatable bonds is 4. The van der Waals surface area contributed by atoms with Crippen LogP contribution in [0.1, 0.15) is 25.8 Å². The maximum Gasteiger partial charge on any atom is 0.405 e. The lowest BCUT2D eigenvalue weighted by atomic mass is 9.94. The number of nitrogens with zero attached hydrogens (tertiary/aromatic N) is 1. The summed E-state index contributed by atoms with van der Waals surface area (Å²) >= 11 is 5.84. The van der Waals surface area contributed by atoms with E-state index in [-0.39, 0.29) is 25.3 Å². The summed E-state index contributed by atoms with van der Waals surface area (Å²) < 4.78 is 39.9. The van der Waals surface area contributed by atoms with E-state index in [1.165, 1.54) is 0 Å². The van der Waals surface area contributed by atoms with Gasteiger partial charge in [-0.2, -0.15) is 13.2 Å². The summed E-state index contributed by atoms with van der Waals surface area (Å²) in [6.07, 6.45) is -4.32. The van der Waals surface area contributed by atoms with E-state index < -0.39 is 17.6 Å². The summed E-state index contributed by atoms with van der Waals surface area (Å²) in [4.78, 5) is 11.7. The Kier molecular flexibility index (Phi) is 4.73. The monoisotopic (exact) mass is 334 g/mol. The number of aryl methyl sites for hydroxylation is 1. The van der Waals surface area contributed by atoms with E-state index in [0.717, 1.165) is 10.6 Å². The minimum absolute atomic E-state index is 0.0333. The molecule has 1 saturated heterocycles. The molecule has 1 fully saturated rings. The van der Waals surface area contributed by atoms with E-state index in [4.69, 9.17) is 11.6 Å². The summed E-state index contributed by atoms with van der Waals surface area (Å²) in [5.74, 6) is -0.385. The second-order valence-electron chi connectivity index (χ2n) is 6.18. The highest BCUT2D eigenvalue weighted by Crippen LogP contribution is 2.33. The maximum atomic E-state index is 13.3. The zero-order valence-corrected chi connectivity index (χ0v) is 13.1. The van der Waals surface area contributed by atoms with Gasteiger partial charge in [-0.05, 0) is 44.4 Å². The standard InChI is InChI=1S/C15H18ClF3N2O/c1-14(2)9-21(20-13(14)22)12(15(17,18)19)7-6-10-4-3-5-11(16)8-10/h3-5,8,12H,6-7,9H2,1-2H3,(H,20,22)/t12-/m0/s1. The zero-order valence-electron chi connectivity index (χ0n) is 12.4. The summed E-state index contributed by atoms with van der Waals surface area (Å²) in [6, 6.07) is 5.07. The third-order valence-corrected chi connectivity index (χ3v) is 4.01. The number of nitrogens with one attached hydrogen (secondary N) is 1. The van der Waals surface area contributed by atoms with Gasteiger partial charge >= 0.3 is 6.18 Å². The van der Waals surface area contributed by atoms with Crippen molar-refractivity contribution in [2.24, 2.45) is 5.41 Å². The van der Waals surface area contributed by atoms with E-state index in [1.54, 1.807) is 38.1 Å². The van der Waals surface area contributed by atoms with Crippen LogP contribution in [0.25, 0.3) is 0 Å². The van der Waals surface area contributed by atoms with Crippen molar-refractivity contribution < 1.29 is 18.0 Å². The van der Waals surface area contributed by atoms with Crippen molar-refractivity contribution in [3.05, 3.63) is 34.9 Å². The largest absolute Gasteiger partial charge is 0.405 e. The quantitative estimate of drug-likeness (QED) is 0.913. The van der Waals surface area contributed by atoms with Gasteiger partial charge in [-0.1, -0.05) is 23.7 Å². The molecule has 1 aromatic carbocycles. The number of hydrogen-bond acceptors (Lipinski definition) is 2. The highest BCUT2D eigenvalue weighted by molar-refractivity contribution is 6.30. The highest BCUT2D eigenvalue weighted by atomic mass is 35.5. The number of amides is 1. The van der Waals surface area contributed by atoms with Crippen LogP contribution in [0.3, 0.4) is 0 Å². The zero-order chi connectivity index (χ0) is 16.5. The molecule has 22 heavy (non-hydrogen) atoms. The van der Waals surface area contributed by atoms with Crippen molar-refractivity contribution in [1.82, 2.24) is 10.4 Å². The smallest absolute Gasteiger partial charge is 0.288 e. The third kappa shape index (κ3) is 3.93. The lowest BCUT2D eigenvalue weighted by Crippen LogP contribution is -2.50. The van der Waals surface area contributed by atoms with Gasteiger partial charge in [-0.25, -0.2) is 5.01 Å². The summed E-state index contributed by atoms with van der Waals surface area (Å²) in [7, 11) is 0. The minimum Gasteiger partial charge on any atom is -0.288 e. The molecule has 0 unspecified atom stereocenters. The molecule has 2 rings (SSSR count). The topological polar surface area (TPSA) is 32.3 Å². The van der Waals surface area contributed by atoms with Gasteiger partial charge in [0.1, 0.15) is 6.04 Å². The normalized spacial score (nSPS) is 20.0. The number of hydrazine groups is 1. The predicted molar refractivity (Wildman–Crippen MR) is 78.2 cm³/mol. The second-order valence-corrected chi connectivity index (χ2v) is 6.62. The number of hydrogen-bond donors (Lipinski definition) is 1. The molecule has 0 bridgehead atoms. The van der Waals surface area contributed by atoms with Crippen LogP contribution < -0.4 is 5.43 Å². The summed E-state index contributed by atoms with van der Waals surface area (Å²) in [6.45, 7) is 3.30. The molecular weight excluding hydrogens is 317 g/mol. The maximum absolute atomic E-state index is 13.3. The Balaban J connectivity index is 2.10. The van der Waals surface area contributed by atoms with E-state index in [0.29, 0.717) is 5.02 Å². The van der Waals surface area contributed by atoms with Crippen LogP contribution >= 0.6 is 11.6 Å². The molecule has 0 saturated carbocycles. The highest BCUT2D eigenvalue weighted by Gasteiger charge is 2.49. The molecule has 1 N–H and O–H groups in total. The van der Waals surface area contributed by atoms with Gasteiger partial charge in [0.25, 0.3) is 0 Å². The fourth-order valence-electron chi connectivity index (χ4n) is 2.50. The van der Waals surface area contributed by atoms with Crippen LogP contribution in [0.5, 0.6) is 0 Å². The molecule has 1 atom stereocenters. The average Bonchev–Trinajstić information content (AvgIpc) is 2.62. The Labute approximate surface area is 132 Å². The molecular formula is C15H18ClF3N2O. The fourth-order valence-corrected chi connectivity index (χ4v) is 2.71. The Bertz CT molecular complexity index is 560. The number of halogens is 4. The molecule has 1 aliphatic rings. The lowest BCUT2D eigenvalue weighted by Gasteiger charge is -2.29. The van der Waals surface area contributed by atoms with Crippen molar-refractivity contribution in [2.75, 3.05) is 6.54 Å². The molecule has 0 aliphatic carbocycles. The second kappa shape index (κ2) is 6.08. The van der Waals surface area contributed by atoms with Crippen LogP contribution in [-0.2, 0) is 11.2 Å². The van der Waals surface area contributed by atoms with Gasteiger partial charge in [0.2, 0.25) is 5.91 Å². The molecule has 122 valence electrons. The SMILES string of the molecule is CC1(C)CN([C@@H](CCc2cccc(Cl)c2)C(F)(F)F)NC1=O. The Morgan fingerprint density at radius 1 is 1.41 bits per heavy atom. The lowest BCUT2D eigenvalue weighted by molar-refractivity contribution is -0.190. The van der Waals surface area contributed by atoms with Crippen LogP contribution in [0, 0.1) is 5.41 Å². The molecule has 7 heteroatoms. The summed E-state index contributed by atoms with van der Waals surface area (Å²) in [5.41, 5.74) is 2.27. The van der Waals surface area contributed by atoms with Crippen molar-refractivity contribution in [3.8, 4) is 0 Å². The number of carbonyl (C=O) groups is 1. The Morgan fingerprint density at radius 3 is 2.59 bits per heavy atom. The summed E-state index contributed by atoms with van der Waals surface area (Å²) in [5, 5.41) is 1.50. The van der Waals surface area contributed by atoms with Crippen LogP contribution in [-0.4, -0.2) is 29.7 Å². The van der Waals surface area contributed by atoms with Gasteiger partial charge in [-0.3, -0.25) is 10.2 Å². The first-order chi connectivity index (χ1) is 10.1. The van der Waals surface area contributed by atoms with Crippen LogP contribution in [0.4, 0.5) is 13.2 Å². The molecule has 3 nitrogen and oxygen atoms in total. The van der Waals surface area contributed by atoms with Gasteiger partial charge < -0.3 is 0 Å². The van der Waals surface area contributed by atoms with Gasteiger partial charge in [0.05, 0.1) is 5.41 Å². The number of alkyl halides is 3. The number of carbonyl (C=O) groups excluding carboxylic acids is 1. The first-order valence-corrected chi connectivity index (χ1v) is 7.36. The third-order valence-electron chi connectivity index (χ3n) is 3.78. The Morgan fingerprint density at radius 2 is 2.09 bits per heavy atom.